The summed E-state index contributed by atoms with van der Waals surface area (Å²) in [6, 6.07) is 10.3. The highest BCUT2D eigenvalue weighted by atomic mass is 79.9. The molecule has 0 aliphatic heterocycles. The number of hydrogen-bond donors (Lipinski definition) is 0. The van der Waals surface area contributed by atoms with Crippen molar-refractivity contribution in [2.45, 2.75) is 49.8 Å². The van der Waals surface area contributed by atoms with Crippen LogP contribution in [0, 0.1) is 0 Å². The molecule has 0 spiro atoms. The summed E-state index contributed by atoms with van der Waals surface area (Å²) < 4.78 is 11.9. The van der Waals surface area contributed by atoms with Crippen molar-refractivity contribution in [3.63, 3.8) is 0 Å². The summed E-state index contributed by atoms with van der Waals surface area (Å²) in [5, 5.41) is 0. The molecule has 3 heteroatoms. The Kier molecular flexibility index (Phi) is 5.22. The standard InChI is InChI=1S/C15H21BrO2/c1-3-9-17-15-13(16)10-14(15)18-11(2)12-7-5-4-6-8-12/h4-8,11,13-15H,3,9-10H2,1-2H3. The van der Waals surface area contributed by atoms with E-state index < -0.39 is 0 Å². The zero-order valence-corrected chi connectivity index (χ0v) is 12.6. The molecule has 100 valence electrons. The Morgan fingerprint density at radius 2 is 2.06 bits per heavy atom. The third kappa shape index (κ3) is 3.34. The molecule has 1 fully saturated rings. The minimum absolute atomic E-state index is 0.129. The van der Waals surface area contributed by atoms with Gasteiger partial charge in [-0.15, -0.1) is 0 Å². The molecule has 4 atom stereocenters. The molecular formula is C15H21BrO2. The summed E-state index contributed by atoms with van der Waals surface area (Å²) in [6.45, 7) is 5.05. The normalized spacial score (nSPS) is 28.7. The lowest BCUT2D eigenvalue weighted by Gasteiger charge is -2.42. The van der Waals surface area contributed by atoms with Crippen molar-refractivity contribution in [3.05, 3.63) is 35.9 Å². The molecule has 0 N–H and O–H groups in total. The van der Waals surface area contributed by atoms with Gasteiger partial charge in [0.2, 0.25) is 0 Å². The first-order chi connectivity index (χ1) is 8.72. The summed E-state index contributed by atoms with van der Waals surface area (Å²) >= 11 is 3.64. The average molecular weight is 313 g/mol. The zero-order chi connectivity index (χ0) is 13.0. The van der Waals surface area contributed by atoms with E-state index in [1.54, 1.807) is 0 Å². The van der Waals surface area contributed by atoms with Crippen molar-refractivity contribution in [1.29, 1.82) is 0 Å². The van der Waals surface area contributed by atoms with E-state index in [-0.39, 0.29) is 18.3 Å². The van der Waals surface area contributed by atoms with E-state index in [9.17, 15) is 0 Å². The number of alkyl halides is 1. The maximum atomic E-state index is 6.10. The monoisotopic (exact) mass is 312 g/mol. The van der Waals surface area contributed by atoms with Crippen LogP contribution in [0.5, 0.6) is 0 Å². The largest absolute Gasteiger partial charge is 0.374 e. The second-order valence-corrected chi connectivity index (χ2v) is 5.99. The molecule has 0 aromatic heterocycles. The number of hydrogen-bond acceptors (Lipinski definition) is 2. The first-order valence-electron chi connectivity index (χ1n) is 6.68. The summed E-state index contributed by atoms with van der Waals surface area (Å²) in [5.74, 6) is 0. The van der Waals surface area contributed by atoms with Crippen LogP contribution in [-0.4, -0.2) is 23.6 Å². The van der Waals surface area contributed by atoms with Crippen LogP contribution in [-0.2, 0) is 9.47 Å². The highest BCUT2D eigenvalue weighted by Crippen LogP contribution is 2.36. The zero-order valence-electron chi connectivity index (χ0n) is 11.0. The lowest BCUT2D eigenvalue weighted by molar-refractivity contribution is -0.143. The molecule has 2 nitrogen and oxygen atoms in total. The van der Waals surface area contributed by atoms with E-state index in [1.807, 2.05) is 18.2 Å². The quantitative estimate of drug-likeness (QED) is 0.736. The van der Waals surface area contributed by atoms with Crippen molar-refractivity contribution >= 4 is 15.9 Å². The number of benzene rings is 1. The number of halogens is 1. The Bertz CT molecular complexity index is 355. The van der Waals surface area contributed by atoms with Crippen molar-refractivity contribution in [2.24, 2.45) is 0 Å². The van der Waals surface area contributed by atoms with Gasteiger partial charge in [-0.3, -0.25) is 0 Å². The van der Waals surface area contributed by atoms with Crippen molar-refractivity contribution < 1.29 is 9.47 Å². The molecule has 2 rings (SSSR count). The predicted octanol–water partition coefficient (Wildman–Crippen LogP) is 4.10. The van der Waals surface area contributed by atoms with Gasteiger partial charge in [-0.05, 0) is 25.3 Å². The molecule has 0 amide bonds. The van der Waals surface area contributed by atoms with Crippen LogP contribution in [0.15, 0.2) is 30.3 Å². The molecule has 0 radical (unpaired) electrons. The Hall–Kier alpha value is -0.380. The van der Waals surface area contributed by atoms with Crippen LogP contribution in [0.2, 0.25) is 0 Å². The van der Waals surface area contributed by atoms with Crippen molar-refractivity contribution in [1.82, 2.24) is 0 Å². The Balaban J connectivity index is 1.86. The van der Waals surface area contributed by atoms with Gasteiger partial charge in [0.15, 0.2) is 0 Å². The molecule has 1 aromatic rings. The first kappa shape index (κ1) is 14.0. The van der Waals surface area contributed by atoms with Crippen LogP contribution < -0.4 is 0 Å². The van der Waals surface area contributed by atoms with Crippen molar-refractivity contribution in [3.8, 4) is 0 Å². The summed E-state index contributed by atoms with van der Waals surface area (Å²) in [6.07, 6.45) is 2.64. The first-order valence-corrected chi connectivity index (χ1v) is 7.60. The van der Waals surface area contributed by atoms with Gasteiger partial charge in [0.1, 0.15) is 0 Å². The fourth-order valence-corrected chi connectivity index (χ4v) is 3.05. The second-order valence-electron chi connectivity index (χ2n) is 4.81. The fraction of sp³-hybridized carbons (Fsp3) is 0.600. The molecular weight excluding hydrogens is 292 g/mol. The molecule has 4 unspecified atom stereocenters. The second kappa shape index (κ2) is 6.69. The number of rotatable bonds is 6. The van der Waals surface area contributed by atoms with Gasteiger partial charge in [0, 0.05) is 11.4 Å². The Morgan fingerprint density at radius 3 is 2.67 bits per heavy atom. The molecule has 1 aromatic carbocycles. The minimum atomic E-state index is 0.129. The molecule has 1 aliphatic carbocycles. The smallest absolute Gasteiger partial charge is 0.0962 e. The fourth-order valence-electron chi connectivity index (χ4n) is 2.19. The van der Waals surface area contributed by atoms with Crippen LogP contribution in [0.3, 0.4) is 0 Å². The molecule has 18 heavy (non-hydrogen) atoms. The van der Waals surface area contributed by atoms with E-state index in [1.165, 1.54) is 5.56 Å². The topological polar surface area (TPSA) is 18.5 Å². The highest BCUT2D eigenvalue weighted by Gasteiger charge is 2.42. The van der Waals surface area contributed by atoms with E-state index in [0.29, 0.717) is 4.83 Å². The number of ether oxygens (including phenoxy) is 2. The van der Waals surface area contributed by atoms with Gasteiger partial charge in [-0.2, -0.15) is 0 Å². The molecule has 0 bridgehead atoms. The van der Waals surface area contributed by atoms with Gasteiger partial charge in [-0.1, -0.05) is 53.2 Å². The Labute approximate surface area is 118 Å². The minimum Gasteiger partial charge on any atom is -0.374 e. The third-order valence-corrected chi connectivity index (χ3v) is 4.24. The van der Waals surface area contributed by atoms with Crippen LogP contribution in [0.4, 0.5) is 0 Å². The SMILES string of the molecule is CCCOC1C(Br)CC1OC(C)c1ccccc1. The van der Waals surface area contributed by atoms with Gasteiger partial charge in [0.05, 0.1) is 18.3 Å². The van der Waals surface area contributed by atoms with Gasteiger partial charge < -0.3 is 9.47 Å². The van der Waals surface area contributed by atoms with Crippen molar-refractivity contribution in [2.75, 3.05) is 6.61 Å². The molecule has 1 saturated carbocycles. The van der Waals surface area contributed by atoms with Crippen LogP contribution >= 0.6 is 15.9 Å². The summed E-state index contributed by atoms with van der Waals surface area (Å²) in [4.78, 5) is 0.442. The summed E-state index contributed by atoms with van der Waals surface area (Å²) in [5.41, 5.74) is 1.23. The highest BCUT2D eigenvalue weighted by molar-refractivity contribution is 9.09. The van der Waals surface area contributed by atoms with E-state index in [2.05, 4.69) is 41.9 Å². The predicted molar refractivity (Wildman–Crippen MR) is 77.1 cm³/mol. The third-order valence-electron chi connectivity index (χ3n) is 3.34. The van der Waals surface area contributed by atoms with Gasteiger partial charge in [-0.25, -0.2) is 0 Å². The lowest BCUT2D eigenvalue weighted by atomic mass is 9.91. The van der Waals surface area contributed by atoms with Gasteiger partial charge in [0.25, 0.3) is 0 Å². The molecule has 0 heterocycles. The summed E-state index contributed by atoms with van der Waals surface area (Å²) in [7, 11) is 0. The van der Waals surface area contributed by atoms with E-state index >= 15 is 0 Å². The molecule has 1 aliphatic rings. The molecule has 0 saturated heterocycles. The Morgan fingerprint density at radius 1 is 1.33 bits per heavy atom. The maximum absolute atomic E-state index is 6.10. The van der Waals surface area contributed by atoms with E-state index in [0.717, 1.165) is 19.4 Å². The van der Waals surface area contributed by atoms with Crippen LogP contribution in [0.1, 0.15) is 38.4 Å². The maximum Gasteiger partial charge on any atom is 0.0962 e. The van der Waals surface area contributed by atoms with Crippen LogP contribution in [0.25, 0.3) is 0 Å². The van der Waals surface area contributed by atoms with E-state index in [4.69, 9.17) is 9.47 Å². The average Bonchev–Trinajstić information content (AvgIpc) is 2.39. The van der Waals surface area contributed by atoms with Gasteiger partial charge >= 0.3 is 0 Å². The lowest BCUT2D eigenvalue weighted by Crippen LogP contribution is -2.51.